The minimum atomic E-state index is -5.00. The van der Waals surface area contributed by atoms with Gasteiger partial charge in [-0.25, -0.2) is 13.8 Å². The highest BCUT2D eigenvalue weighted by molar-refractivity contribution is 7.80. The summed E-state index contributed by atoms with van der Waals surface area (Å²) in [4.78, 5) is 3.21. The van der Waals surface area contributed by atoms with Gasteiger partial charge in [-0.15, -0.1) is 0 Å². The first-order chi connectivity index (χ1) is 12.4. The molecule has 0 N–H and O–H groups in total. The van der Waals surface area contributed by atoms with Crippen molar-refractivity contribution in [3.05, 3.63) is 28.1 Å². The summed E-state index contributed by atoms with van der Waals surface area (Å²) in [5, 5.41) is -0.806. The number of ether oxygens (including phenoxy) is 2. The summed E-state index contributed by atoms with van der Waals surface area (Å²) in [5.74, 6) is -0.176. The average Bonchev–Trinajstić information content (AvgIpc) is 2.52. The first-order valence-electron chi connectivity index (χ1n) is 8.21. The fraction of sp³-hybridized carbons (Fsp3) is 0.588. The normalized spacial score (nSPS) is 11.8. The minimum absolute atomic E-state index is 0.0103. The lowest BCUT2D eigenvalue weighted by Crippen LogP contribution is -2.25. The number of thiocarbonyl (C=S) groups is 2. The maximum atomic E-state index is 13.6. The van der Waals surface area contributed by atoms with Gasteiger partial charge in [-0.1, -0.05) is 13.8 Å². The molecule has 0 spiro atoms. The van der Waals surface area contributed by atoms with Crippen LogP contribution in [0.1, 0.15) is 62.2 Å². The van der Waals surface area contributed by atoms with Crippen molar-refractivity contribution in [2.75, 3.05) is 13.2 Å². The van der Waals surface area contributed by atoms with Crippen molar-refractivity contribution in [3.63, 3.8) is 0 Å². The number of alkyl halides is 5. The van der Waals surface area contributed by atoms with E-state index in [9.17, 15) is 22.0 Å². The van der Waals surface area contributed by atoms with Crippen LogP contribution in [0.5, 0.6) is 0 Å². The third-order valence-electron chi connectivity index (χ3n) is 3.38. The summed E-state index contributed by atoms with van der Waals surface area (Å²) in [6, 6.07) is 0. The summed E-state index contributed by atoms with van der Waals surface area (Å²) in [6.07, 6.45) is -8.27. The van der Waals surface area contributed by atoms with Gasteiger partial charge in [-0.3, -0.25) is 0 Å². The molecule has 0 atom stereocenters. The monoisotopic (exact) mass is 429 g/mol. The maximum Gasteiger partial charge on any atom is 0.434 e. The topological polar surface area (TPSA) is 31.4 Å². The van der Waals surface area contributed by atoms with E-state index in [4.69, 9.17) is 33.9 Å². The second kappa shape index (κ2) is 9.68. The van der Waals surface area contributed by atoms with Crippen molar-refractivity contribution in [2.45, 2.75) is 46.7 Å². The molecule has 1 rings (SSSR count). The number of halogens is 5. The molecule has 0 aliphatic rings. The standard InChI is InChI=1S/C17H20F5NO2S2/c1-5-24-15(26)10-9(7-8(3)4)11(16(27)25-6-2)13(17(20,21)22)23-12(10)14(18)19/h8,14H,5-7H2,1-4H3. The summed E-state index contributed by atoms with van der Waals surface area (Å²) < 4.78 is 78.2. The predicted molar refractivity (Wildman–Crippen MR) is 99.4 cm³/mol. The third-order valence-corrected chi connectivity index (χ3v) is 4.02. The Hall–Kier alpha value is -1.42. The van der Waals surface area contributed by atoms with Crippen LogP contribution in [0.4, 0.5) is 22.0 Å². The molecule has 152 valence electrons. The Kier molecular flexibility index (Phi) is 8.47. The van der Waals surface area contributed by atoms with Crippen LogP contribution in [0.25, 0.3) is 0 Å². The number of hydrogen-bond donors (Lipinski definition) is 0. The van der Waals surface area contributed by atoms with Crippen LogP contribution in [-0.4, -0.2) is 28.3 Å². The molecule has 1 heterocycles. The van der Waals surface area contributed by atoms with Crippen molar-refractivity contribution < 1.29 is 31.4 Å². The zero-order valence-electron chi connectivity index (χ0n) is 15.2. The lowest BCUT2D eigenvalue weighted by molar-refractivity contribution is -0.141. The molecule has 0 unspecified atom stereocenters. The zero-order valence-corrected chi connectivity index (χ0v) is 16.9. The highest BCUT2D eigenvalue weighted by Crippen LogP contribution is 2.38. The number of aromatic nitrogens is 1. The predicted octanol–water partition coefficient (Wildman–Crippen LogP) is 5.66. The molecule has 0 aliphatic heterocycles. The largest absolute Gasteiger partial charge is 0.483 e. The van der Waals surface area contributed by atoms with Gasteiger partial charge in [0.2, 0.25) is 0 Å². The number of nitrogens with zero attached hydrogens (tertiary/aromatic N) is 1. The van der Waals surface area contributed by atoms with Crippen LogP contribution in [-0.2, 0) is 22.1 Å². The molecule has 3 nitrogen and oxygen atoms in total. The fourth-order valence-electron chi connectivity index (χ4n) is 2.48. The van der Waals surface area contributed by atoms with E-state index in [1.165, 1.54) is 0 Å². The van der Waals surface area contributed by atoms with Crippen molar-refractivity contribution >= 4 is 34.5 Å². The molecule has 0 fully saturated rings. The quantitative estimate of drug-likeness (QED) is 0.412. The molecule has 10 heteroatoms. The van der Waals surface area contributed by atoms with Gasteiger partial charge in [0.05, 0.1) is 24.3 Å². The van der Waals surface area contributed by atoms with Crippen LogP contribution in [0.2, 0.25) is 0 Å². The van der Waals surface area contributed by atoms with Gasteiger partial charge in [-0.2, -0.15) is 13.2 Å². The summed E-state index contributed by atoms with van der Waals surface area (Å²) in [7, 11) is 0. The van der Waals surface area contributed by atoms with Crippen molar-refractivity contribution in [3.8, 4) is 0 Å². The molecule has 1 aromatic rings. The highest BCUT2D eigenvalue weighted by Gasteiger charge is 2.41. The van der Waals surface area contributed by atoms with E-state index in [0.29, 0.717) is 0 Å². The number of pyridine rings is 1. The molecule has 0 aromatic carbocycles. The third kappa shape index (κ3) is 5.78. The average molecular weight is 429 g/mol. The number of hydrogen-bond acceptors (Lipinski definition) is 5. The number of rotatable bonds is 7. The van der Waals surface area contributed by atoms with Crippen molar-refractivity contribution in [1.29, 1.82) is 0 Å². The van der Waals surface area contributed by atoms with E-state index in [-0.39, 0.29) is 41.7 Å². The highest BCUT2D eigenvalue weighted by atomic mass is 32.1. The maximum absolute atomic E-state index is 13.6. The second-order valence-corrected chi connectivity index (χ2v) is 6.65. The van der Waals surface area contributed by atoms with E-state index in [2.05, 4.69) is 4.98 Å². The lowest BCUT2D eigenvalue weighted by Gasteiger charge is -2.23. The molecule has 0 amide bonds. The Bertz CT molecular complexity index is 706. The van der Waals surface area contributed by atoms with E-state index in [1.807, 2.05) is 0 Å². The summed E-state index contributed by atoms with van der Waals surface area (Å²) >= 11 is 10.1. The Morgan fingerprint density at radius 2 is 1.48 bits per heavy atom. The molecular formula is C17H20F5NO2S2. The van der Waals surface area contributed by atoms with E-state index in [0.717, 1.165) is 0 Å². The Balaban J connectivity index is 4.02. The molecule has 0 saturated carbocycles. The molecule has 1 aromatic heterocycles. The van der Waals surface area contributed by atoms with Gasteiger partial charge >= 0.3 is 6.18 Å². The van der Waals surface area contributed by atoms with Crippen LogP contribution in [0.3, 0.4) is 0 Å². The molecule has 0 bridgehead atoms. The van der Waals surface area contributed by atoms with Gasteiger partial charge < -0.3 is 9.47 Å². The molecule has 0 saturated heterocycles. The van der Waals surface area contributed by atoms with Crippen LogP contribution < -0.4 is 0 Å². The van der Waals surface area contributed by atoms with Crippen molar-refractivity contribution in [2.24, 2.45) is 5.92 Å². The van der Waals surface area contributed by atoms with Gasteiger partial charge in [0.15, 0.2) is 15.8 Å². The van der Waals surface area contributed by atoms with E-state index < -0.39 is 34.6 Å². The first kappa shape index (κ1) is 23.6. The van der Waals surface area contributed by atoms with E-state index in [1.54, 1.807) is 27.7 Å². The fourth-order valence-corrected chi connectivity index (χ4v) is 3.17. The van der Waals surface area contributed by atoms with Gasteiger partial charge in [0, 0.05) is 0 Å². The Morgan fingerprint density at radius 3 is 1.85 bits per heavy atom. The first-order valence-corrected chi connectivity index (χ1v) is 9.03. The van der Waals surface area contributed by atoms with Crippen LogP contribution in [0.15, 0.2) is 0 Å². The molecule has 27 heavy (non-hydrogen) atoms. The molecule has 0 aliphatic carbocycles. The van der Waals surface area contributed by atoms with Gasteiger partial charge in [0.25, 0.3) is 6.43 Å². The van der Waals surface area contributed by atoms with Crippen LogP contribution >= 0.6 is 24.4 Å². The second-order valence-electron chi connectivity index (χ2n) is 5.91. The van der Waals surface area contributed by atoms with Gasteiger partial charge in [0.1, 0.15) is 5.69 Å². The zero-order chi connectivity index (χ0) is 20.9. The van der Waals surface area contributed by atoms with Crippen molar-refractivity contribution in [1.82, 2.24) is 4.98 Å². The molecule has 0 radical (unpaired) electrons. The lowest BCUT2D eigenvalue weighted by atomic mass is 9.91. The summed E-state index contributed by atoms with van der Waals surface area (Å²) in [5.41, 5.74) is -3.51. The SMILES string of the molecule is CCOC(=S)c1c(C(F)F)nc(C(F)(F)F)c(C(=S)OCC)c1CC(C)C. The molecular weight excluding hydrogens is 409 g/mol. The minimum Gasteiger partial charge on any atom is -0.483 e. The van der Waals surface area contributed by atoms with Gasteiger partial charge in [-0.05, 0) is 56.2 Å². The van der Waals surface area contributed by atoms with Crippen LogP contribution in [0, 0.1) is 5.92 Å². The Morgan fingerprint density at radius 1 is 1.00 bits per heavy atom. The summed E-state index contributed by atoms with van der Waals surface area (Å²) in [6.45, 7) is 6.68. The van der Waals surface area contributed by atoms with E-state index >= 15 is 0 Å². The smallest absolute Gasteiger partial charge is 0.434 e. The Labute approximate surface area is 165 Å².